The van der Waals surface area contributed by atoms with Gasteiger partial charge in [0, 0.05) is 0 Å². The summed E-state index contributed by atoms with van der Waals surface area (Å²) in [5.41, 5.74) is 1.28. The monoisotopic (exact) mass is 315 g/mol. The number of aromatic nitrogens is 2. The predicted molar refractivity (Wildman–Crippen MR) is 69.6 cm³/mol. The van der Waals surface area contributed by atoms with Gasteiger partial charge < -0.3 is 4.74 Å². The van der Waals surface area contributed by atoms with Gasteiger partial charge in [0.05, 0.1) is 31.7 Å². The largest absolute Gasteiger partial charge is 0.493 e. The zero-order valence-electron chi connectivity index (χ0n) is 11.6. The molecule has 1 heterocycles. The standard InChI is InChI=1S/C13H12F3N3O3/c1-21-10-7-19(17-11(10)12(20)18-22-2)9-5-3-4-8(6-9)13(14,15)16/h3-7H,1-2H3,(H,18,20). The molecule has 0 radical (unpaired) electrons. The Balaban J connectivity index is 2.44. The van der Waals surface area contributed by atoms with Crippen LogP contribution in [-0.2, 0) is 11.0 Å². The second kappa shape index (κ2) is 6.06. The van der Waals surface area contributed by atoms with Gasteiger partial charge in [-0.1, -0.05) is 6.07 Å². The highest BCUT2D eigenvalue weighted by Gasteiger charge is 2.30. The number of methoxy groups -OCH3 is 1. The van der Waals surface area contributed by atoms with Gasteiger partial charge in [-0.15, -0.1) is 0 Å². The summed E-state index contributed by atoms with van der Waals surface area (Å²) in [6.07, 6.45) is -3.16. The van der Waals surface area contributed by atoms with E-state index in [0.717, 1.165) is 16.8 Å². The van der Waals surface area contributed by atoms with Crippen LogP contribution in [-0.4, -0.2) is 29.9 Å². The highest BCUT2D eigenvalue weighted by Crippen LogP contribution is 2.30. The highest BCUT2D eigenvalue weighted by atomic mass is 19.4. The first-order chi connectivity index (χ1) is 10.4. The number of halogens is 3. The summed E-state index contributed by atoms with van der Waals surface area (Å²) in [4.78, 5) is 16.2. The number of hydrogen-bond acceptors (Lipinski definition) is 4. The minimum Gasteiger partial charge on any atom is -0.493 e. The van der Waals surface area contributed by atoms with Crippen LogP contribution in [0.2, 0.25) is 0 Å². The predicted octanol–water partition coefficient (Wildman–Crippen LogP) is 2.19. The van der Waals surface area contributed by atoms with Crippen LogP contribution < -0.4 is 10.2 Å². The third-order valence-corrected chi connectivity index (χ3v) is 2.75. The molecule has 2 rings (SSSR count). The summed E-state index contributed by atoms with van der Waals surface area (Å²) in [7, 11) is 2.56. The smallest absolute Gasteiger partial charge is 0.416 e. The van der Waals surface area contributed by atoms with E-state index < -0.39 is 17.6 Å². The number of hydroxylamine groups is 1. The third kappa shape index (κ3) is 3.19. The Morgan fingerprint density at radius 2 is 2.05 bits per heavy atom. The topological polar surface area (TPSA) is 65.4 Å². The average Bonchev–Trinajstić information content (AvgIpc) is 2.91. The van der Waals surface area contributed by atoms with Crippen LogP contribution in [0.4, 0.5) is 13.2 Å². The first kappa shape index (κ1) is 15.8. The molecule has 0 unspecified atom stereocenters. The minimum absolute atomic E-state index is 0.104. The first-order valence-corrected chi connectivity index (χ1v) is 6.01. The van der Waals surface area contributed by atoms with Crippen molar-refractivity contribution in [3.63, 3.8) is 0 Å². The van der Waals surface area contributed by atoms with Gasteiger partial charge >= 0.3 is 6.18 Å². The molecular formula is C13H12F3N3O3. The summed E-state index contributed by atoms with van der Waals surface area (Å²) in [5.74, 6) is -0.572. The molecule has 9 heteroatoms. The van der Waals surface area contributed by atoms with Crippen LogP contribution in [0.5, 0.6) is 5.75 Å². The van der Waals surface area contributed by atoms with E-state index in [9.17, 15) is 18.0 Å². The maximum absolute atomic E-state index is 12.7. The molecule has 0 atom stereocenters. The number of carbonyl (C=O) groups is 1. The Hall–Kier alpha value is -2.55. The lowest BCUT2D eigenvalue weighted by atomic mass is 10.2. The van der Waals surface area contributed by atoms with Gasteiger partial charge in [0.25, 0.3) is 5.91 Å². The normalized spacial score (nSPS) is 11.3. The van der Waals surface area contributed by atoms with E-state index >= 15 is 0 Å². The second-order valence-corrected chi connectivity index (χ2v) is 4.17. The SMILES string of the molecule is CONC(=O)c1nn(-c2cccc(C(F)(F)F)c2)cc1OC. The van der Waals surface area contributed by atoms with Crippen LogP contribution >= 0.6 is 0 Å². The second-order valence-electron chi connectivity index (χ2n) is 4.17. The molecule has 0 aliphatic carbocycles. The molecule has 0 fully saturated rings. The minimum atomic E-state index is -4.47. The van der Waals surface area contributed by atoms with Crippen molar-refractivity contribution >= 4 is 5.91 Å². The fraction of sp³-hybridized carbons (Fsp3) is 0.231. The summed E-state index contributed by atoms with van der Waals surface area (Å²) in [5, 5.41) is 3.93. The molecule has 22 heavy (non-hydrogen) atoms. The van der Waals surface area contributed by atoms with Gasteiger partial charge in [-0.3, -0.25) is 9.63 Å². The molecule has 1 aromatic heterocycles. The lowest BCUT2D eigenvalue weighted by molar-refractivity contribution is -0.137. The van der Waals surface area contributed by atoms with Gasteiger partial charge in [-0.05, 0) is 18.2 Å². The number of nitrogens with one attached hydrogen (secondary N) is 1. The molecule has 2 aromatic rings. The molecule has 0 spiro atoms. The van der Waals surface area contributed by atoms with Gasteiger partial charge in [0.1, 0.15) is 0 Å². The van der Waals surface area contributed by atoms with Crippen molar-refractivity contribution in [2.45, 2.75) is 6.18 Å². The van der Waals surface area contributed by atoms with E-state index in [1.165, 1.54) is 32.5 Å². The van der Waals surface area contributed by atoms with Crippen LogP contribution in [0.1, 0.15) is 16.1 Å². The Morgan fingerprint density at radius 3 is 2.64 bits per heavy atom. The van der Waals surface area contributed by atoms with E-state index in [-0.39, 0.29) is 17.1 Å². The van der Waals surface area contributed by atoms with Crippen LogP contribution in [0.3, 0.4) is 0 Å². The number of ether oxygens (including phenoxy) is 1. The van der Waals surface area contributed by atoms with Crippen LogP contribution in [0.25, 0.3) is 5.69 Å². The molecule has 0 aliphatic heterocycles. The Labute approximate surface area is 123 Å². The Kier molecular flexibility index (Phi) is 4.36. The first-order valence-electron chi connectivity index (χ1n) is 6.01. The third-order valence-electron chi connectivity index (χ3n) is 2.75. The number of benzene rings is 1. The van der Waals surface area contributed by atoms with E-state index in [0.29, 0.717) is 0 Å². The molecule has 0 saturated carbocycles. The molecule has 118 valence electrons. The van der Waals surface area contributed by atoms with E-state index in [2.05, 4.69) is 15.4 Å². The molecule has 1 N–H and O–H groups in total. The molecule has 6 nitrogen and oxygen atoms in total. The lowest BCUT2D eigenvalue weighted by Crippen LogP contribution is -2.23. The zero-order chi connectivity index (χ0) is 16.3. The molecule has 0 saturated heterocycles. The average molecular weight is 315 g/mol. The molecule has 1 amide bonds. The number of rotatable bonds is 4. The van der Waals surface area contributed by atoms with E-state index in [1.54, 1.807) is 0 Å². The Bertz CT molecular complexity index is 683. The maximum Gasteiger partial charge on any atom is 0.416 e. The van der Waals surface area contributed by atoms with Gasteiger partial charge in [-0.25, -0.2) is 10.2 Å². The fourth-order valence-electron chi connectivity index (χ4n) is 1.76. The summed E-state index contributed by atoms with van der Waals surface area (Å²) in [6, 6.07) is 4.55. The quantitative estimate of drug-likeness (QED) is 0.879. The van der Waals surface area contributed by atoms with Crippen molar-refractivity contribution in [1.29, 1.82) is 0 Å². The number of carbonyl (C=O) groups excluding carboxylic acids is 1. The number of amides is 1. The van der Waals surface area contributed by atoms with Gasteiger partial charge in [-0.2, -0.15) is 18.3 Å². The molecule has 0 aliphatic rings. The number of nitrogens with zero attached hydrogens (tertiary/aromatic N) is 2. The van der Waals surface area contributed by atoms with Crippen molar-refractivity contribution in [3.05, 3.63) is 41.7 Å². The van der Waals surface area contributed by atoms with Crippen LogP contribution in [0, 0.1) is 0 Å². The highest BCUT2D eigenvalue weighted by molar-refractivity contribution is 5.94. The van der Waals surface area contributed by atoms with E-state index in [4.69, 9.17) is 4.74 Å². The van der Waals surface area contributed by atoms with Crippen molar-refractivity contribution in [2.24, 2.45) is 0 Å². The van der Waals surface area contributed by atoms with Crippen molar-refractivity contribution < 1.29 is 27.5 Å². The summed E-state index contributed by atoms with van der Waals surface area (Å²) in [6.45, 7) is 0. The summed E-state index contributed by atoms with van der Waals surface area (Å²) >= 11 is 0. The molecule has 0 bridgehead atoms. The zero-order valence-corrected chi connectivity index (χ0v) is 11.6. The summed E-state index contributed by atoms with van der Waals surface area (Å²) < 4.78 is 44.3. The van der Waals surface area contributed by atoms with Crippen LogP contribution in [0.15, 0.2) is 30.5 Å². The van der Waals surface area contributed by atoms with E-state index in [1.807, 2.05) is 0 Å². The maximum atomic E-state index is 12.7. The Morgan fingerprint density at radius 1 is 1.32 bits per heavy atom. The van der Waals surface area contributed by atoms with Gasteiger partial charge in [0.2, 0.25) is 0 Å². The number of alkyl halides is 3. The van der Waals surface area contributed by atoms with Crippen molar-refractivity contribution in [3.8, 4) is 11.4 Å². The lowest BCUT2D eigenvalue weighted by Gasteiger charge is -2.08. The number of hydrogen-bond donors (Lipinski definition) is 1. The van der Waals surface area contributed by atoms with Gasteiger partial charge in [0.15, 0.2) is 11.4 Å². The van der Waals surface area contributed by atoms with Crippen molar-refractivity contribution in [1.82, 2.24) is 15.3 Å². The van der Waals surface area contributed by atoms with Crippen molar-refractivity contribution in [2.75, 3.05) is 14.2 Å². The molecule has 1 aromatic carbocycles. The molecular weight excluding hydrogens is 303 g/mol. The fourth-order valence-corrected chi connectivity index (χ4v) is 1.76.